The molecule has 0 spiro atoms. The minimum absolute atomic E-state index is 0.0207. The van der Waals surface area contributed by atoms with Gasteiger partial charge in [0, 0.05) is 24.3 Å². The van der Waals surface area contributed by atoms with E-state index in [9.17, 15) is 4.79 Å². The maximum Gasteiger partial charge on any atom is 0.254 e. The minimum Gasteiger partial charge on any atom is -0.460 e. The van der Waals surface area contributed by atoms with E-state index in [1.54, 1.807) is 12.1 Å². The van der Waals surface area contributed by atoms with Crippen LogP contribution in [0.1, 0.15) is 23.4 Å². The van der Waals surface area contributed by atoms with Crippen LogP contribution in [-0.4, -0.2) is 10.9 Å². The first kappa shape index (κ1) is 12.9. The number of rotatable bonds is 6. The van der Waals surface area contributed by atoms with Crippen molar-refractivity contribution in [3.8, 4) is 0 Å². The molecule has 0 aliphatic carbocycles. The Kier molecular flexibility index (Phi) is 5.02. The quantitative estimate of drug-likeness (QED) is 0.593. The molecule has 2 rings (SSSR count). The molecular weight excluding hydrogens is 246 g/mol. The Morgan fingerprint density at radius 2 is 2.00 bits per heavy atom. The molecule has 0 fully saturated rings. The molecule has 0 aromatic carbocycles. The molecule has 0 N–H and O–H groups in total. The van der Waals surface area contributed by atoms with E-state index in [2.05, 4.69) is 17.0 Å². The van der Waals surface area contributed by atoms with Gasteiger partial charge in [-0.1, -0.05) is 17.8 Å². The molecule has 18 heavy (non-hydrogen) atoms. The van der Waals surface area contributed by atoms with E-state index < -0.39 is 0 Å². The first-order valence-electron chi connectivity index (χ1n) is 6.01. The van der Waals surface area contributed by atoms with Crippen LogP contribution in [0.25, 0.3) is 0 Å². The van der Waals surface area contributed by atoms with Crippen molar-refractivity contribution in [2.75, 3.05) is 5.75 Å². The summed E-state index contributed by atoms with van der Waals surface area (Å²) in [6.45, 7) is 0.996. The van der Waals surface area contributed by atoms with Crippen LogP contribution in [0.15, 0.2) is 53.4 Å². The number of hydrogen-bond donors (Lipinski definition) is 0. The fourth-order valence-corrected chi connectivity index (χ4v) is 2.40. The van der Waals surface area contributed by atoms with Crippen LogP contribution in [0, 0.1) is 0 Å². The largest absolute Gasteiger partial charge is 0.460 e. The predicted octanol–water partition coefficient (Wildman–Crippen LogP) is 2.92. The summed E-state index contributed by atoms with van der Waals surface area (Å²) < 4.78 is 7.20. The highest BCUT2D eigenvalue weighted by Crippen LogP contribution is 2.14. The Bertz CT molecular complexity index is 468. The van der Waals surface area contributed by atoms with Crippen LogP contribution in [0.4, 0.5) is 0 Å². The maximum absolute atomic E-state index is 11.6. The Hall–Kier alpha value is -1.55. The summed E-state index contributed by atoms with van der Waals surface area (Å²) in [4.78, 5) is 11.6. The smallest absolute Gasteiger partial charge is 0.254 e. The first-order chi connectivity index (χ1) is 8.86. The Labute approximate surface area is 111 Å². The lowest BCUT2D eigenvalue weighted by Gasteiger charge is -1.98. The van der Waals surface area contributed by atoms with E-state index in [-0.39, 0.29) is 5.12 Å². The molecular formula is C14H16NO2S+. The number of nitrogens with zero attached hydrogens (tertiary/aromatic N) is 1. The van der Waals surface area contributed by atoms with Gasteiger partial charge in [-0.2, -0.15) is 0 Å². The van der Waals surface area contributed by atoms with Crippen molar-refractivity contribution in [2.24, 2.45) is 0 Å². The van der Waals surface area contributed by atoms with Gasteiger partial charge < -0.3 is 4.42 Å². The molecule has 0 radical (unpaired) electrons. The zero-order valence-corrected chi connectivity index (χ0v) is 10.9. The van der Waals surface area contributed by atoms with Gasteiger partial charge in [-0.15, -0.1) is 0 Å². The molecule has 4 heteroatoms. The van der Waals surface area contributed by atoms with Crippen molar-refractivity contribution >= 4 is 16.9 Å². The second-order valence-corrected chi connectivity index (χ2v) is 5.00. The Morgan fingerprint density at radius 3 is 2.72 bits per heavy atom. The van der Waals surface area contributed by atoms with Crippen molar-refractivity contribution in [1.29, 1.82) is 0 Å². The van der Waals surface area contributed by atoms with E-state index in [1.807, 2.05) is 18.2 Å². The summed E-state index contributed by atoms with van der Waals surface area (Å²) in [6, 6.07) is 9.49. The number of aromatic nitrogens is 1. The summed E-state index contributed by atoms with van der Waals surface area (Å²) >= 11 is 1.33. The number of hydrogen-bond acceptors (Lipinski definition) is 3. The maximum atomic E-state index is 11.6. The molecule has 0 saturated carbocycles. The molecule has 0 saturated heterocycles. The van der Waals surface area contributed by atoms with Gasteiger partial charge in [-0.3, -0.25) is 4.79 Å². The third-order valence-corrected chi connectivity index (χ3v) is 3.50. The van der Waals surface area contributed by atoms with Crippen LogP contribution in [0.2, 0.25) is 0 Å². The number of carbonyl (C=O) groups excluding carboxylic acids is 1. The normalized spacial score (nSPS) is 10.4. The topological polar surface area (TPSA) is 34.1 Å². The standard InChI is InChI=1S/C14H16NO2S/c16-14(13-7-6-11-17-13)18-12-5-4-10-15-8-2-1-3-9-15/h1-3,6-9,11H,4-5,10,12H2/q+1. The van der Waals surface area contributed by atoms with Crippen molar-refractivity contribution in [1.82, 2.24) is 0 Å². The van der Waals surface area contributed by atoms with Gasteiger partial charge >= 0.3 is 0 Å². The van der Waals surface area contributed by atoms with E-state index in [0.717, 1.165) is 25.1 Å². The Morgan fingerprint density at radius 1 is 1.17 bits per heavy atom. The molecule has 0 amide bonds. The van der Waals surface area contributed by atoms with Crippen LogP contribution >= 0.6 is 11.8 Å². The number of furan rings is 1. The molecule has 0 aliphatic heterocycles. The zero-order valence-electron chi connectivity index (χ0n) is 10.1. The molecule has 94 valence electrons. The number of thioether (sulfide) groups is 1. The number of aryl methyl sites for hydroxylation is 1. The van der Waals surface area contributed by atoms with Crippen LogP contribution < -0.4 is 4.57 Å². The monoisotopic (exact) mass is 262 g/mol. The lowest BCUT2D eigenvalue weighted by Crippen LogP contribution is -2.32. The van der Waals surface area contributed by atoms with Gasteiger partial charge in [0.15, 0.2) is 18.2 Å². The lowest BCUT2D eigenvalue weighted by atomic mass is 10.3. The van der Waals surface area contributed by atoms with Crippen molar-refractivity contribution in [2.45, 2.75) is 19.4 Å². The van der Waals surface area contributed by atoms with Crippen molar-refractivity contribution in [3.05, 3.63) is 54.7 Å². The fraction of sp³-hybridized carbons (Fsp3) is 0.286. The number of unbranched alkanes of at least 4 members (excludes halogenated alkanes) is 1. The molecule has 2 aromatic rings. The number of pyridine rings is 1. The average molecular weight is 262 g/mol. The summed E-state index contributed by atoms with van der Waals surface area (Å²) in [7, 11) is 0. The third-order valence-electron chi connectivity index (χ3n) is 2.54. The second kappa shape index (κ2) is 7.01. The first-order valence-corrected chi connectivity index (χ1v) is 6.99. The minimum atomic E-state index is 0.0207. The second-order valence-electron chi connectivity index (χ2n) is 3.93. The van der Waals surface area contributed by atoms with Crippen LogP contribution in [-0.2, 0) is 6.54 Å². The number of carbonyl (C=O) groups is 1. The van der Waals surface area contributed by atoms with E-state index >= 15 is 0 Å². The van der Waals surface area contributed by atoms with Crippen LogP contribution in [0.3, 0.4) is 0 Å². The third kappa shape index (κ3) is 4.04. The van der Waals surface area contributed by atoms with Gasteiger partial charge in [0.05, 0.1) is 6.26 Å². The van der Waals surface area contributed by atoms with Crippen LogP contribution in [0.5, 0.6) is 0 Å². The Balaban J connectivity index is 1.61. The molecule has 2 heterocycles. The van der Waals surface area contributed by atoms with Crippen molar-refractivity contribution < 1.29 is 13.8 Å². The molecule has 0 unspecified atom stereocenters. The molecule has 3 nitrogen and oxygen atoms in total. The van der Waals surface area contributed by atoms with Crippen molar-refractivity contribution in [3.63, 3.8) is 0 Å². The summed E-state index contributed by atoms with van der Waals surface area (Å²) in [5.74, 6) is 1.28. The molecule has 0 bridgehead atoms. The fourth-order valence-electron chi connectivity index (χ4n) is 1.61. The van der Waals surface area contributed by atoms with E-state index in [4.69, 9.17) is 4.42 Å². The average Bonchev–Trinajstić information content (AvgIpc) is 2.93. The van der Waals surface area contributed by atoms with E-state index in [0.29, 0.717) is 5.76 Å². The van der Waals surface area contributed by atoms with Gasteiger partial charge in [-0.05, 0) is 18.6 Å². The summed E-state index contributed by atoms with van der Waals surface area (Å²) in [6.07, 6.45) is 7.74. The van der Waals surface area contributed by atoms with Gasteiger partial charge in [0.2, 0.25) is 0 Å². The highest BCUT2D eigenvalue weighted by molar-refractivity contribution is 8.14. The van der Waals surface area contributed by atoms with E-state index in [1.165, 1.54) is 18.0 Å². The van der Waals surface area contributed by atoms with Gasteiger partial charge in [0.25, 0.3) is 5.12 Å². The molecule has 2 aromatic heterocycles. The van der Waals surface area contributed by atoms with Gasteiger partial charge in [0.1, 0.15) is 6.54 Å². The predicted molar refractivity (Wildman–Crippen MR) is 71.4 cm³/mol. The highest BCUT2D eigenvalue weighted by atomic mass is 32.2. The highest BCUT2D eigenvalue weighted by Gasteiger charge is 2.08. The SMILES string of the molecule is O=C(SCCCC[n+]1ccccc1)c1ccco1. The van der Waals surface area contributed by atoms with Gasteiger partial charge in [-0.25, -0.2) is 4.57 Å². The molecule has 0 atom stereocenters. The zero-order chi connectivity index (χ0) is 12.6. The summed E-state index contributed by atoms with van der Waals surface area (Å²) in [5.41, 5.74) is 0. The lowest BCUT2D eigenvalue weighted by molar-refractivity contribution is -0.697. The summed E-state index contributed by atoms with van der Waals surface area (Å²) in [5, 5.41) is 0.0207. The molecule has 0 aliphatic rings.